The molecule has 1 rings (SSSR count). The van der Waals surface area contributed by atoms with Crippen molar-refractivity contribution in [2.75, 3.05) is 0 Å². The number of aromatic nitrogens is 1. The van der Waals surface area contributed by atoms with Gasteiger partial charge in [0.25, 0.3) is 0 Å². The molecule has 0 N–H and O–H groups in total. The molecule has 13 heavy (non-hydrogen) atoms. The highest BCUT2D eigenvalue weighted by Gasteiger charge is 2.17. The molecule has 1 aromatic heterocycles. The van der Waals surface area contributed by atoms with Crippen LogP contribution in [-0.2, 0) is 12.0 Å². The van der Waals surface area contributed by atoms with Crippen LogP contribution in [0, 0.1) is 0 Å². The quantitative estimate of drug-likeness (QED) is 0.407. The molecule has 0 fully saturated rings. The molecular formula is C8H12N4S. The lowest BCUT2D eigenvalue weighted by atomic mass is 9.98. The second-order valence-corrected chi connectivity index (χ2v) is 4.89. The van der Waals surface area contributed by atoms with E-state index in [2.05, 4.69) is 35.8 Å². The van der Waals surface area contributed by atoms with E-state index in [-0.39, 0.29) is 5.41 Å². The van der Waals surface area contributed by atoms with Crippen LogP contribution in [0.4, 0.5) is 0 Å². The first-order valence-electron chi connectivity index (χ1n) is 4.00. The lowest BCUT2D eigenvalue weighted by molar-refractivity contribution is 0.585. The van der Waals surface area contributed by atoms with E-state index >= 15 is 0 Å². The highest BCUT2D eigenvalue weighted by Crippen LogP contribution is 2.26. The summed E-state index contributed by atoms with van der Waals surface area (Å²) < 4.78 is 0. The van der Waals surface area contributed by atoms with E-state index in [1.54, 1.807) is 17.5 Å². The molecule has 0 aliphatic heterocycles. The van der Waals surface area contributed by atoms with Crippen molar-refractivity contribution in [1.29, 1.82) is 0 Å². The van der Waals surface area contributed by atoms with E-state index in [0.717, 1.165) is 9.88 Å². The molecule has 0 atom stereocenters. The fraction of sp³-hybridized carbons (Fsp3) is 0.625. The molecule has 5 heteroatoms. The van der Waals surface area contributed by atoms with Crippen molar-refractivity contribution in [3.05, 3.63) is 26.5 Å². The average Bonchev–Trinajstić information content (AvgIpc) is 2.47. The van der Waals surface area contributed by atoms with E-state index < -0.39 is 0 Å². The van der Waals surface area contributed by atoms with Gasteiger partial charge in [-0.3, -0.25) is 0 Å². The minimum Gasteiger partial charge on any atom is -0.249 e. The normalized spacial score (nSPS) is 11.0. The van der Waals surface area contributed by atoms with Crippen LogP contribution in [0.1, 0.15) is 30.7 Å². The standard InChI is InChI=1S/C8H12N4S/c1-8(2,3)7-10-4-6(13-7)5-11-12-9/h4H,5H2,1-3H3. The number of azide groups is 1. The van der Waals surface area contributed by atoms with Crippen LogP contribution in [-0.4, -0.2) is 4.98 Å². The summed E-state index contributed by atoms with van der Waals surface area (Å²) in [5, 5.41) is 4.57. The van der Waals surface area contributed by atoms with Gasteiger partial charge in [-0.05, 0) is 5.53 Å². The fourth-order valence-corrected chi connectivity index (χ4v) is 1.72. The minimum absolute atomic E-state index is 0.0826. The zero-order chi connectivity index (χ0) is 9.90. The highest BCUT2D eigenvalue weighted by molar-refractivity contribution is 7.11. The third kappa shape index (κ3) is 2.72. The van der Waals surface area contributed by atoms with Gasteiger partial charge >= 0.3 is 0 Å². The highest BCUT2D eigenvalue weighted by atomic mass is 32.1. The van der Waals surface area contributed by atoms with Crippen molar-refractivity contribution >= 4 is 11.3 Å². The Morgan fingerprint density at radius 1 is 1.62 bits per heavy atom. The molecule has 1 heterocycles. The molecule has 70 valence electrons. The van der Waals surface area contributed by atoms with Crippen molar-refractivity contribution in [1.82, 2.24) is 4.98 Å². The largest absolute Gasteiger partial charge is 0.249 e. The number of rotatable bonds is 2. The number of hydrogen-bond acceptors (Lipinski definition) is 3. The number of hydrogen-bond donors (Lipinski definition) is 0. The molecule has 0 saturated heterocycles. The molecular weight excluding hydrogens is 184 g/mol. The first kappa shape index (κ1) is 10.0. The van der Waals surface area contributed by atoms with Crippen LogP contribution in [0.5, 0.6) is 0 Å². The summed E-state index contributed by atoms with van der Waals surface area (Å²) in [4.78, 5) is 8.00. The third-order valence-electron chi connectivity index (χ3n) is 1.48. The Bertz CT molecular complexity index is 330. The van der Waals surface area contributed by atoms with E-state index in [9.17, 15) is 0 Å². The predicted molar refractivity (Wildman–Crippen MR) is 53.7 cm³/mol. The van der Waals surface area contributed by atoms with Gasteiger partial charge in [0.2, 0.25) is 0 Å². The van der Waals surface area contributed by atoms with Crippen LogP contribution in [0.25, 0.3) is 10.4 Å². The first-order valence-corrected chi connectivity index (χ1v) is 4.82. The Balaban J connectivity index is 2.80. The number of nitrogens with zero attached hydrogens (tertiary/aromatic N) is 4. The lowest BCUT2D eigenvalue weighted by Gasteiger charge is -2.13. The number of thiazole rings is 1. The Morgan fingerprint density at radius 2 is 2.31 bits per heavy atom. The van der Waals surface area contributed by atoms with Gasteiger partial charge in [0.1, 0.15) is 0 Å². The molecule has 0 bridgehead atoms. The Morgan fingerprint density at radius 3 is 2.77 bits per heavy atom. The van der Waals surface area contributed by atoms with Crippen LogP contribution < -0.4 is 0 Å². The second-order valence-electron chi connectivity index (χ2n) is 3.77. The van der Waals surface area contributed by atoms with Crippen molar-refractivity contribution in [2.24, 2.45) is 5.11 Å². The summed E-state index contributed by atoms with van der Waals surface area (Å²) in [5.74, 6) is 0. The van der Waals surface area contributed by atoms with Gasteiger partial charge in [-0.15, -0.1) is 11.3 Å². The van der Waals surface area contributed by atoms with E-state index in [1.165, 1.54) is 0 Å². The fourth-order valence-electron chi connectivity index (χ4n) is 0.829. The van der Waals surface area contributed by atoms with Gasteiger partial charge in [-0.25, -0.2) is 4.98 Å². The molecule has 0 radical (unpaired) electrons. The molecule has 4 nitrogen and oxygen atoms in total. The third-order valence-corrected chi connectivity index (χ3v) is 2.89. The summed E-state index contributed by atoms with van der Waals surface area (Å²) in [6.07, 6.45) is 1.78. The topological polar surface area (TPSA) is 61.7 Å². The van der Waals surface area contributed by atoms with E-state index in [0.29, 0.717) is 6.54 Å². The summed E-state index contributed by atoms with van der Waals surface area (Å²) in [6, 6.07) is 0. The maximum Gasteiger partial charge on any atom is 0.0981 e. The molecule has 0 unspecified atom stereocenters. The summed E-state index contributed by atoms with van der Waals surface area (Å²) in [7, 11) is 0. The van der Waals surface area contributed by atoms with E-state index in [1.807, 2.05) is 0 Å². The van der Waals surface area contributed by atoms with E-state index in [4.69, 9.17) is 5.53 Å². The van der Waals surface area contributed by atoms with Gasteiger partial charge in [0, 0.05) is 21.4 Å². The molecule has 0 aliphatic carbocycles. The predicted octanol–water partition coefficient (Wildman–Crippen LogP) is 3.25. The van der Waals surface area contributed by atoms with Crippen LogP contribution in [0.3, 0.4) is 0 Å². The summed E-state index contributed by atoms with van der Waals surface area (Å²) in [6.45, 7) is 6.75. The molecule has 0 amide bonds. The van der Waals surface area contributed by atoms with Crippen molar-refractivity contribution in [3.63, 3.8) is 0 Å². The van der Waals surface area contributed by atoms with Crippen molar-refractivity contribution in [3.8, 4) is 0 Å². The summed E-state index contributed by atoms with van der Waals surface area (Å²) in [5.41, 5.74) is 8.22. The molecule has 0 aliphatic rings. The molecule has 1 aromatic rings. The smallest absolute Gasteiger partial charge is 0.0981 e. The van der Waals surface area contributed by atoms with Gasteiger partial charge < -0.3 is 0 Å². The van der Waals surface area contributed by atoms with Crippen molar-refractivity contribution in [2.45, 2.75) is 32.7 Å². The maximum absolute atomic E-state index is 8.14. The molecule has 0 saturated carbocycles. The Kier molecular flexibility index (Phi) is 2.90. The van der Waals surface area contributed by atoms with Gasteiger partial charge in [0.15, 0.2) is 0 Å². The zero-order valence-electron chi connectivity index (χ0n) is 7.98. The first-order chi connectivity index (χ1) is 6.04. The maximum atomic E-state index is 8.14. The Labute approximate surface area is 81.2 Å². The molecule has 0 aromatic carbocycles. The Hall–Kier alpha value is -1.06. The lowest BCUT2D eigenvalue weighted by Crippen LogP contribution is -2.09. The minimum atomic E-state index is 0.0826. The average molecular weight is 196 g/mol. The summed E-state index contributed by atoms with van der Waals surface area (Å²) >= 11 is 1.60. The van der Waals surface area contributed by atoms with Gasteiger partial charge in [0.05, 0.1) is 11.6 Å². The van der Waals surface area contributed by atoms with Gasteiger partial charge in [-0.2, -0.15) is 0 Å². The van der Waals surface area contributed by atoms with Crippen molar-refractivity contribution < 1.29 is 0 Å². The zero-order valence-corrected chi connectivity index (χ0v) is 8.80. The van der Waals surface area contributed by atoms with Gasteiger partial charge in [-0.1, -0.05) is 25.9 Å². The van der Waals surface area contributed by atoms with Crippen LogP contribution >= 0.6 is 11.3 Å². The van der Waals surface area contributed by atoms with Crippen LogP contribution in [0.15, 0.2) is 11.3 Å². The second kappa shape index (κ2) is 3.77. The monoisotopic (exact) mass is 196 g/mol. The molecule has 0 spiro atoms. The van der Waals surface area contributed by atoms with Crippen LogP contribution in [0.2, 0.25) is 0 Å². The SMILES string of the molecule is CC(C)(C)c1ncc(CN=[N+]=[N-])s1.